The quantitative estimate of drug-likeness (QED) is 0.773. The Kier molecular flexibility index (Phi) is 6.10. The molecule has 0 spiro atoms. The lowest BCUT2D eigenvalue weighted by molar-refractivity contribution is -0.123. The molecule has 0 unspecified atom stereocenters. The number of amides is 1. The molecule has 0 aromatic heterocycles. The van der Waals surface area contributed by atoms with Crippen molar-refractivity contribution in [2.45, 2.75) is 26.9 Å². The molecule has 0 bridgehead atoms. The minimum absolute atomic E-state index is 0.00447. The Morgan fingerprint density at radius 2 is 1.88 bits per heavy atom. The van der Waals surface area contributed by atoms with E-state index in [-0.39, 0.29) is 11.3 Å². The third-order valence-corrected chi connectivity index (χ3v) is 4.17. The van der Waals surface area contributed by atoms with Crippen LogP contribution in [0.15, 0.2) is 30.3 Å². The Bertz CT molecular complexity index is 850. The fraction of sp³-hybridized carbons (Fsp3) is 0.263. The van der Waals surface area contributed by atoms with Gasteiger partial charge in [-0.25, -0.2) is 4.79 Å². The van der Waals surface area contributed by atoms with Crippen molar-refractivity contribution in [1.82, 2.24) is 0 Å². The van der Waals surface area contributed by atoms with Gasteiger partial charge in [-0.15, -0.1) is 0 Å². The number of phenols is 1. The van der Waals surface area contributed by atoms with Crippen molar-refractivity contribution in [3.05, 3.63) is 52.0 Å². The number of rotatable bonds is 5. The maximum absolute atomic E-state index is 12.3. The Morgan fingerprint density at radius 1 is 1.19 bits per heavy atom. The van der Waals surface area contributed by atoms with E-state index in [0.717, 1.165) is 11.1 Å². The van der Waals surface area contributed by atoms with Crippen LogP contribution in [-0.4, -0.2) is 30.2 Å². The third kappa shape index (κ3) is 4.46. The third-order valence-electron chi connectivity index (χ3n) is 3.76. The van der Waals surface area contributed by atoms with E-state index in [0.29, 0.717) is 16.5 Å². The van der Waals surface area contributed by atoms with E-state index in [2.05, 4.69) is 5.32 Å². The standard InChI is InChI=1S/C19H20ClNO5/c1-10-5-6-13(16(22)7-10)19(24)26-12(3)18(23)21-15-8-11(2)14(20)9-17(15)25-4/h5-9,12,22H,1-4H3,(H,21,23)/t12-/m0/s1. The SMILES string of the molecule is COc1cc(Cl)c(C)cc1NC(=O)[C@H](C)OC(=O)c1ccc(C)cc1O. The number of ether oxygens (including phenoxy) is 2. The molecule has 0 aliphatic rings. The number of methoxy groups -OCH3 is 1. The van der Waals surface area contributed by atoms with Gasteiger partial charge >= 0.3 is 5.97 Å². The lowest BCUT2D eigenvalue weighted by atomic mass is 10.1. The Morgan fingerprint density at radius 3 is 2.50 bits per heavy atom. The second kappa shape index (κ2) is 8.10. The minimum Gasteiger partial charge on any atom is -0.507 e. The van der Waals surface area contributed by atoms with Crippen molar-refractivity contribution in [1.29, 1.82) is 0 Å². The molecule has 26 heavy (non-hydrogen) atoms. The van der Waals surface area contributed by atoms with Crippen LogP contribution in [0.2, 0.25) is 5.02 Å². The predicted molar refractivity (Wildman–Crippen MR) is 99.1 cm³/mol. The van der Waals surface area contributed by atoms with Crippen molar-refractivity contribution in [2.24, 2.45) is 0 Å². The first-order valence-electron chi connectivity index (χ1n) is 7.88. The van der Waals surface area contributed by atoms with Gasteiger partial charge in [0.1, 0.15) is 17.1 Å². The summed E-state index contributed by atoms with van der Waals surface area (Å²) in [6, 6.07) is 7.82. The zero-order chi connectivity index (χ0) is 19.4. The summed E-state index contributed by atoms with van der Waals surface area (Å²) >= 11 is 6.04. The summed E-state index contributed by atoms with van der Waals surface area (Å²) in [5.74, 6) is -1.13. The number of benzene rings is 2. The summed E-state index contributed by atoms with van der Waals surface area (Å²) in [7, 11) is 1.46. The molecule has 0 fully saturated rings. The molecule has 0 saturated heterocycles. The highest BCUT2D eigenvalue weighted by molar-refractivity contribution is 6.31. The van der Waals surface area contributed by atoms with E-state index < -0.39 is 18.0 Å². The van der Waals surface area contributed by atoms with Crippen LogP contribution in [0.4, 0.5) is 5.69 Å². The molecule has 1 amide bonds. The van der Waals surface area contributed by atoms with Crippen molar-refractivity contribution >= 4 is 29.2 Å². The number of halogens is 1. The number of hydrogen-bond donors (Lipinski definition) is 2. The molecule has 0 aliphatic heterocycles. The first kappa shape index (κ1) is 19.6. The van der Waals surface area contributed by atoms with Gasteiger partial charge in [-0.3, -0.25) is 4.79 Å². The molecular formula is C19H20ClNO5. The number of hydrogen-bond acceptors (Lipinski definition) is 5. The van der Waals surface area contributed by atoms with Gasteiger partial charge < -0.3 is 19.9 Å². The second-order valence-corrected chi connectivity index (χ2v) is 6.27. The monoisotopic (exact) mass is 377 g/mol. The molecule has 2 aromatic rings. The predicted octanol–water partition coefficient (Wildman–Crippen LogP) is 3.86. The minimum atomic E-state index is -1.08. The van der Waals surface area contributed by atoms with Gasteiger partial charge in [-0.2, -0.15) is 0 Å². The summed E-state index contributed by atoms with van der Waals surface area (Å²) in [6.45, 7) is 5.02. The van der Waals surface area contributed by atoms with Crippen molar-refractivity contribution in [3.8, 4) is 11.5 Å². The number of nitrogens with one attached hydrogen (secondary N) is 1. The van der Waals surface area contributed by atoms with Gasteiger partial charge in [0.2, 0.25) is 0 Å². The number of aromatic hydroxyl groups is 1. The second-order valence-electron chi connectivity index (χ2n) is 5.86. The maximum Gasteiger partial charge on any atom is 0.342 e. The van der Waals surface area contributed by atoms with Gasteiger partial charge in [0.15, 0.2) is 6.10 Å². The zero-order valence-electron chi connectivity index (χ0n) is 14.9. The summed E-state index contributed by atoms with van der Waals surface area (Å²) < 4.78 is 10.3. The number of esters is 1. The van der Waals surface area contributed by atoms with Crippen LogP contribution < -0.4 is 10.1 Å². The molecule has 138 valence electrons. The smallest absolute Gasteiger partial charge is 0.342 e. The van der Waals surface area contributed by atoms with Crippen LogP contribution in [0, 0.1) is 13.8 Å². The fourth-order valence-corrected chi connectivity index (χ4v) is 2.41. The number of carbonyl (C=O) groups is 2. The van der Waals surface area contributed by atoms with E-state index >= 15 is 0 Å². The molecule has 1 atom stereocenters. The Balaban J connectivity index is 2.10. The molecule has 0 radical (unpaired) electrons. The number of carbonyl (C=O) groups excluding carboxylic acids is 2. The first-order chi connectivity index (χ1) is 12.2. The molecule has 2 aromatic carbocycles. The van der Waals surface area contributed by atoms with Crippen molar-refractivity contribution in [2.75, 3.05) is 12.4 Å². The van der Waals surface area contributed by atoms with E-state index in [1.54, 1.807) is 32.0 Å². The fourth-order valence-electron chi connectivity index (χ4n) is 2.26. The molecule has 0 aliphatic carbocycles. The van der Waals surface area contributed by atoms with Crippen LogP contribution in [0.1, 0.15) is 28.4 Å². The molecular weight excluding hydrogens is 358 g/mol. The Hall–Kier alpha value is -2.73. The maximum atomic E-state index is 12.3. The van der Waals surface area contributed by atoms with E-state index in [9.17, 15) is 14.7 Å². The molecule has 0 heterocycles. The van der Waals surface area contributed by atoms with Gasteiger partial charge in [0.05, 0.1) is 12.8 Å². The normalized spacial score (nSPS) is 11.6. The summed E-state index contributed by atoms with van der Waals surface area (Å²) in [5, 5.41) is 13.0. The first-order valence-corrected chi connectivity index (χ1v) is 8.26. The molecule has 6 nitrogen and oxygen atoms in total. The molecule has 2 rings (SSSR count). The highest BCUT2D eigenvalue weighted by atomic mass is 35.5. The van der Waals surface area contributed by atoms with E-state index in [1.165, 1.54) is 26.2 Å². The van der Waals surface area contributed by atoms with E-state index in [1.807, 2.05) is 0 Å². The molecule has 0 saturated carbocycles. The Labute approximate surface area is 156 Å². The average molecular weight is 378 g/mol. The number of phenolic OH excluding ortho intramolecular Hbond substituents is 1. The van der Waals surface area contributed by atoms with Crippen LogP contribution in [-0.2, 0) is 9.53 Å². The van der Waals surface area contributed by atoms with Crippen LogP contribution in [0.5, 0.6) is 11.5 Å². The van der Waals surface area contributed by atoms with Gasteiger partial charge in [0, 0.05) is 11.1 Å². The van der Waals surface area contributed by atoms with Gasteiger partial charge in [-0.1, -0.05) is 17.7 Å². The number of anilines is 1. The summed E-state index contributed by atoms with van der Waals surface area (Å²) in [6.07, 6.45) is -1.08. The highest BCUT2D eigenvalue weighted by Crippen LogP contribution is 2.31. The molecule has 7 heteroatoms. The van der Waals surface area contributed by atoms with E-state index in [4.69, 9.17) is 21.1 Å². The topological polar surface area (TPSA) is 84.9 Å². The molecule has 2 N–H and O–H groups in total. The largest absolute Gasteiger partial charge is 0.507 e. The van der Waals surface area contributed by atoms with Crippen LogP contribution in [0.25, 0.3) is 0 Å². The highest BCUT2D eigenvalue weighted by Gasteiger charge is 2.22. The lowest BCUT2D eigenvalue weighted by Gasteiger charge is -2.16. The summed E-state index contributed by atoms with van der Waals surface area (Å²) in [5.41, 5.74) is 1.97. The lowest BCUT2D eigenvalue weighted by Crippen LogP contribution is -2.30. The summed E-state index contributed by atoms with van der Waals surface area (Å²) in [4.78, 5) is 24.5. The zero-order valence-corrected chi connectivity index (χ0v) is 15.7. The van der Waals surface area contributed by atoms with Crippen molar-refractivity contribution in [3.63, 3.8) is 0 Å². The van der Waals surface area contributed by atoms with Gasteiger partial charge in [0.25, 0.3) is 5.91 Å². The number of aryl methyl sites for hydroxylation is 2. The van der Waals surface area contributed by atoms with Crippen LogP contribution in [0.3, 0.4) is 0 Å². The van der Waals surface area contributed by atoms with Gasteiger partial charge in [-0.05, 0) is 50.1 Å². The van der Waals surface area contributed by atoms with Crippen molar-refractivity contribution < 1.29 is 24.2 Å². The average Bonchev–Trinajstić information content (AvgIpc) is 2.57. The van der Waals surface area contributed by atoms with Crippen LogP contribution >= 0.6 is 11.6 Å².